The van der Waals surface area contributed by atoms with Gasteiger partial charge in [-0.1, -0.05) is 6.92 Å². The Hall–Kier alpha value is -1.07. The summed E-state index contributed by atoms with van der Waals surface area (Å²) in [5, 5.41) is 3.39. The van der Waals surface area contributed by atoms with Crippen LogP contribution in [0.4, 0.5) is 5.69 Å². The summed E-state index contributed by atoms with van der Waals surface area (Å²) < 4.78 is 23.7. The number of hydrogen-bond donors (Lipinski definition) is 1. The summed E-state index contributed by atoms with van der Waals surface area (Å²) in [6.07, 6.45) is 2.44. The molecule has 1 aromatic carbocycles. The molecule has 1 N–H and O–H groups in total. The van der Waals surface area contributed by atoms with Gasteiger partial charge in [0.25, 0.3) is 0 Å². The number of nitrogens with one attached hydrogen (secondary N) is 1. The SMILES string of the molecule is CCN(CC1CCNCC1)c1ccc(S(=O)(=O)CC)cc1. The van der Waals surface area contributed by atoms with Crippen LogP contribution in [0.15, 0.2) is 29.2 Å². The Labute approximate surface area is 128 Å². The molecule has 0 saturated carbocycles. The third-order valence-corrected chi connectivity index (χ3v) is 6.01. The zero-order valence-corrected chi connectivity index (χ0v) is 13.8. The van der Waals surface area contributed by atoms with E-state index in [-0.39, 0.29) is 5.75 Å². The van der Waals surface area contributed by atoms with Crippen LogP contribution in [-0.4, -0.2) is 40.3 Å². The van der Waals surface area contributed by atoms with Gasteiger partial charge in [-0.3, -0.25) is 0 Å². The molecule has 0 unspecified atom stereocenters. The van der Waals surface area contributed by atoms with Crippen LogP contribution < -0.4 is 10.2 Å². The largest absolute Gasteiger partial charge is 0.372 e. The fraction of sp³-hybridized carbons (Fsp3) is 0.625. The lowest BCUT2D eigenvalue weighted by molar-refractivity contribution is 0.374. The van der Waals surface area contributed by atoms with Crippen molar-refractivity contribution in [2.75, 3.05) is 36.8 Å². The van der Waals surface area contributed by atoms with Crippen molar-refractivity contribution in [3.63, 3.8) is 0 Å². The maximum atomic E-state index is 11.8. The van der Waals surface area contributed by atoms with E-state index in [2.05, 4.69) is 17.1 Å². The van der Waals surface area contributed by atoms with E-state index in [1.807, 2.05) is 12.1 Å². The predicted octanol–water partition coefficient (Wildman–Crippen LogP) is 2.31. The van der Waals surface area contributed by atoms with Crippen molar-refractivity contribution in [1.29, 1.82) is 0 Å². The first-order valence-electron chi connectivity index (χ1n) is 7.85. The number of anilines is 1. The number of hydrogen-bond acceptors (Lipinski definition) is 4. The Balaban J connectivity index is 2.08. The Morgan fingerprint density at radius 2 is 1.76 bits per heavy atom. The molecule has 1 heterocycles. The Morgan fingerprint density at radius 1 is 1.14 bits per heavy atom. The summed E-state index contributed by atoms with van der Waals surface area (Å²) in [6, 6.07) is 7.35. The molecule has 0 spiro atoms. The molecule has 0 radical (unpaired) electrons. The summed E-state index contributed by atoms with van der Waals surface area (Å²) in [4.78, 5) is 2.77. The van der Waals surface area contributed by atoms with Gasteiger partial charge in [-0.05, 0) is 63.0 Å². The van der Waals surface area contributed by atoms with E-state index in [1.54, 1.807) is 19.1 Å². The maximum absolute atomic E-state index is 11.8. The fourth-order valence-corrected chi connectivity index (χ4v) is 3.71. The van der Waals surface area contributed by atoms with Crippen LogP contribution in [0, 0.1) is 5.92 Å². The predicted molar refractivity (Wildman–Crippen MR) is 87.6 cm³/mol. The van der Waals surface area contributed by atoms with Crippen LogP contribution in [-0.2, 0) is 9.84 Å². The van der Waals surface area contributed by atoms with Crippen molar-refractivity contribution >= 4 is 15.5 Å². The van der Waals surface area contributed by atoms with Crippen LogP contribution in [0.25, 0.3) is 0 Å². The number of piperidine rings is 1. The van der Waals surface area contributed by atoms with Crippen molar-refractivity contribution in [1.82, 2.24) is 5.32 Å². The number of benzene rings is 1. The summed E-state index contributed by atoms with van der Waals surface area (Å²) >= 11 is 0. The van der Waals surface area contributed by atoms with Crippen molar-refractivity contribution in [3.05, 3.63) is 24.3 Å². The minimum Gasteiger partial charge on any atom is -0.372 e. The molecule has 0 atom stereocenters. The Bertz CT molecular complexity index is 534. The number of rotatable bonds is 6. The first kappa shape index (κ1) is 16.3. The normalized spacial score (nSPS) is 16.9. The lowest BCUT2D eigenvalue weighted by Gasteiger charge is -2.31. The average Bonchev–Trinajstić information content (AvgIpc) is 2.54. The molecule has 21 heavy (non-hydrogen) atoms. The van der Waals surface area contributed by atoms with Gasteiger partial charge in [0.2, 0.25) is 0 Å². The molecule has 2 rings (SSSR count). The highest BCUT2D eigenvalue weighted by Gasteiger charge is 2.17. The molecule has 0 aliphatic carbocycles. The standard InChI is InChI=1S/C16H26N2O2S/c1-3-18(13-14-9-11-17-12-10-14)15-5-7-16(8-6-15)21(19,20)4-2/h5-8,14,17H,3-4,9-13H2,1-2H3. The second-order valence-electron chi connectivity index (χ2n) is 5.63. The number of nitrogens with zero attached hydrogens (tertiary/aromatic N) is 1. The lowest BCUT2D eigenvalue weighted by atomic mass is 9.97. The highest BCUT2D eigenvalue weighted by atomic mass is 32.2. The minimum absolute atomic E-state index is 0.152. The van der Waals surface area contributed by atoms with Gasteiger partial charge in [-0.15, -0.1) is 0 Å². The third-order valence-electron chi connectivity index (χ3n) is 4.26. The van der Waals surface area contributed by atoms with Crippen molar-refractivity contribution in [2.45, 2.75) is 31.6 Å². The zero-order valence-electron chi connectivity index (χ0n) is 13.0. The minimum atomic E-state index is -3.10. The van der Waals surface area contributed by atoms with Crippen LogP contribution in [0.1, 0.15) is 26.7 Å². The van der Waals surface area contributed by atoms with E-state index >= 15 is 0 Å². The smallest absolute Gasteiger partial charge is 0.178 e. The summed E-state index contributed by atoms with van der Waals surface area (Å²) in [6.45, 7) is 8.05. The second-order valence-corrected chi connectivity index (χ2v) is 7.91. The van der Waals surface area contributed by atoms with Gasteiger partial charge >= 0.3 is 0 Å². The van der Waals surface area contributed by atoms with E-state index < -0.39 is 9.84 Å². The van der Waals surface area contributed by atoms with Crippen LogP contribution in [0.2, 0.25) is 0 Å². The molecule has 0 bridgehead atoms. The molecule has 118 valence electrons. The molecule has 1 fully saturated rings. The van der Waals surface area contributed by atoms with Gasteiger partial charge in [-0.2, -0.15) is 0 Å². The topological polar surface area (TPSA) is 49.4 Å². The molecule has 0 amide bonds. The Morgan fingerprint density at radius 3 is 2.29 bits per heavy atom. The molecule has 4 nitrogen and oxygen atoms in total. The Kier molecular flexibility index (Phi) is 5.65. The van der Waals surface area contributed by atoms with Crippen molar-refractivity contribution in [3.8, 4) is 0 Å². The average molecular weight is 310 g/mol. The summed E-state index contributed by atoms with van der Waals surface area (Å²) in [5.74, 6) is 0.879. The van der Waals surface area contributed by atoms with E-state index in [1.165, 1.54) is 12.8 Å². The van der Waals surface area contributed by atoms with Gasteiger partial charge in [0.1, 0.15) is 0 Å². The van der Waals surface area contributed by atoms with Crippen LogP contribution in [0.3, 0.4) is 0 Å². The molecule has 0 aromatic heterocycles. The molecule has 1 aromatic rings. The van der Waals surface area contributed by atoms with E-state index in [0.29, 0.717) is 4.90 Å². The third kappa shape index (κ3) is 4.20. The monoisotopic (exact) mass is 310 g/mol. The van der Waals surface area contributed by atoms with Gasteiger partial charge < -0.3 is 10.2 Å². The molecule has 1 aliphatic heterocycles. The van der Waals surface area contributed by atoms with E-state index in [9.17, 15) is 8.42 Å². The highest BCUT2D eigenvalue weighted by molar-refractivity contribution is 7.91. The van der Waals surface area contributed by atoms with Gasteiger partial charge in [0.15, 0.2) is 9.84 Å². The van der Waals surface area contributed by atoms with Gasteiger partial charge in [0.05, 0.1) is 10.6 Å². The lowest BCUT2D eigenvalue weighted by Crippen LogP contribution is -2.36. The molecular formula is C16H26N2O2S. The molecule has 1 aliphatic rings. The zero-order chi connectivity index (χ0) is 15.3. The first-order valence-corrected chi connectivity index (χ1v) is 9.50. The van der Waals surface area contributed by atoms with Crippen LogP contribution >= 0.6 is 0 Å². The fourth-order valence-electron chi connectivity index (χ4n) is 2.82. The summed E-state index contributed by atoms with van der Waals surface area (Å²) in [5.41, 5.74) is 1.12. The van der Waals surface area contributed by atoms with Crippen LogP contribution in [0.5, 0.6) is 0 Å². The second kappa shape index (κ2) is 7.27. The quantitative estimate of drug-likeness (QED) is 0.876. The number of sulfone groups is 1. The maximum Gasteiger partial charge on any atom is 0.178 e. The van der Waals surface area contributed by atoms with Crippen molar-refractivity contribution in [2.24, 2.45) is 5.92 Å². The molecule has 5 heteroatoms. The summed E-state index contributed by atoms with van der Waals surface area (Å²) in [7, 11) is -3.10. The van der Waals surface area contributed by atoms with E-state index in [4.69, 9.17) is 0 Å². The molecule has 1 saturated heterocycles. The molecular weight excluding hydrogens is 284 g/mol. The van der Waals surface area contributed by atoms with Gasteiger partial charge in [-0.25, -0.2) is 8.42 Å². The van der Waals surface area contributed by atoms with Crippen molar-refractivity contribution < 1.29 is 8.42 Å². The van der Waals surface area contributed by atoms with E-state index in [0.717, 1.165) is 37.8 Å². The van der Waals surface area contributed by atoms with Gasteiger partial charge in [0, 0.05) is 18.8 Å². The highest BCUT2D eigenvalue weighted by Crippen LogP contribution is 2.22. The first-order chi connectivity index (χ1) is 10.1.